The Kier molecular flexibility index (Phi) is 5.31. The van der Waals surface area contributed by atoms with Crippen molar-refractivity contribution in [2.75, 3.05) is 7.11 Å². The van der Waals surface area contributed by atoms with E-state index in [0.29, 0.717) is 5.75 Å². The first-order chi connectivity index (χ1) is 13.7. The van der Waals surface area contributed by atoms with E-state index in [1.807, 2.05) is 41.1 Å². The summed E-state index contributed by atoms with van der Waals surface area (Å²) in [6, 6.07) is 12.9. The van der Waals surface area contributed by atoms with E-state index in [-0.39, 0.29) is 5.75 Å². The molecule has 1 N–H and O–H groups in total. The minimum Gasteiger partial charge on any atom is -0.504 e. The molecule has 0 amide bonds. The van der Waals surface area contributed by atoms with Gasteiger partial charge in [-0.3, -0.25) is 4.98 Å². The van der Waals surface area contributed by atoms with Gasteiger partial charge in [0.1, 0.15) is 0 Å². The van der Waals surface area contributed by atoms with Gasteiger partial charge in [0.15, 0.2) is 11.5 Å². The van der Waals surface area contributed by atoms with Crippen LogP contribution in [0, 0.1) is 0 Å². The maximum absolute atomic E-state index is 9.99. The van der Waals surface area contributed by atoms with Gasteiger partial charge >= 0.3 is 0 Å². The summed E-state index contributed by atoms with van der Waals surface area (Å²) in [7, 11) is 1.52. The molecule has 0 bridgehead atoms. The SMILES string of the molecule is COc1ccc(C=Nn2c(-c3cccs3)csc2=Nc2cccnc2)cc1O. The van der Waals surface area contributed by atoms with E-state index in [4.69, 9.17) is 4.74 Å². The predicted molar refractivity (Wildman–Crippen MR) is 113 cm³/mol. The number of aromatic nitrogens is 2. The third kappa shape index (κ3) is 3.88. The third-order valence-electron chi connectivity index (χ3n) is 3.85. The lowest BCUT2D eigenvalue weighted by Gasteiger charge is -2.04. The Morgan fingerprint density at radius 1 is 1.18 bits per heavy atom. The molecule has 6 nitrogen and oxygen atoms in total. The topological polar surface area (TPSA) is 72.0 Å². The van der Waals surface area contributed by atoms with Crippen molar-refractivity contribution >= 4 is 34.6 Å². The molecule has 1 aromatic carbocycles. The Balaban J connectivity index is 1.79. The van der Waals surface area contributed by atoms with Gasteiger partial charge in [0.05, 0.1) is 35.8 Å². The Morgan fingerprint density at radius 3 is 2.82 bits per heavy atom. The zero-order valence-electron chi connectivity index (χ0n) is 14.9. The number of benzene rings is 1. The number of pyridine rings is 1. The van der Waals surface area contributed by atoms with Crippen LogP contribution in [0.3, 0.4) is 0 Å². The van der Waals surface area contributed by atoms with Crippen molar-refractivity contribution in [3.8, 4) is 22.1 Å². The van der Waals surface area contributed by atoms with Gasteiger partial charge in [-0.15, -0.1) is 22.7 Å². The number of methoxy groups -OCH3 is 1. The normalized spacial score (nSPS) is 12.0. The molecule has 0 atom stereocenters. The summed E-state index contributed by atoms with van der Waals surface area (Å²) in [5.41, 5.74) is 2.46. The number of rotatable bonds is 5. The summed E-state index contributed by atoms with van der Waals surface area (Å²) in [6.07, 6.45) is 5.11. The molecule has 3 aromatic heterocycles. The van der Waals surface area contributed by atoms with Gasteiger partial charge in [-0.25, -0.2) is 9.67 Å². The van der Waals surface area contributed by atoms with Crippen molar-refractivity contribution in [3.05, 3.63) is 76.0 Å². The van der Waals surface area contributed by atoms with Gasteiger partial charge in [-0.05, 0) is 47.3 Å². The average Bonchev–Trinajstić information content (AvgIpc) is 3.37. The number of hydrogen-bond donors (Lipinski definition) is 1. The van der Waals surface area contributed by atoms with Gasteiger partial charge in [0, 0.05) is 11.6 Å². The molecule has 0 radical (unpaired) electrons. The van der Waals surface area contributed by atoms with Crippen LogP contribution in [0.5, 0.6) is 11.5 Å². The number of thiazole rings is 1. The molecule has 0 unspecified atom stereocenters. The van der Waals surface area contributed by atoms with Gasteiger partial charge < -0.3 is 9.84 Å². The zero-order chi connectivity index (χ0) is 19.3. The van der Waals surface area contributed by atoms with Crippen LogP contribution < -0.4 is 9.54 Å². The zero-order valence-corrected chi connectivity index (χ0v) is 16.5. The van der Waals surface area contributed by atoms with Crippen molar-refractivity contribution in [1.82, 2.24) is 9.66 Å². The number of aromatic hydroxyl groups is 1. The molecule has 3 heterocycles. The lowest BCUT2D eigenvalue weighted by atomic mass is 10.2. The quantitative estimate of drug-likeness (QED) is 0.494. The number of nitrogens with zero attached hydrogens (tertiary/aromatic N) is 4. The lowest BCUT2D eigenvalue weighted by molar-refractivity contribution is 0.373. The molecule has 0 spiro atoms. The highest BCUT2D eigenvalue weighted by molar-refractivity contribution is 7.14. The van der Waals surface area contributed by atoms with Crippen molar-refractivity contribution < 1.29 is 9.84 Å². The summed E-state index contributed by atoms with van der Waals surface area (Å²) in [4.78, 5) is 10.6. The van der Waals surface area contributed by atoms with Crippen molar-refractivity contribution in [2.45, 2.75) is 0 Å². The smallest absolute Gasteiger partial charge is 0.211 e. The summed E-state index contributed by atoms with van der Waals surface area (Å²) in [6.45, 7) is 0. The van der Waals surface area contributed by atoms with E-state index in [2.05, 4.69) is 15.1 Å². The van der Waals surface area contributed by atoms with Crippen molar-refractivity contribution in [2.24, 2.45) is 10.1 Å². The molecule has 4 rings (SSSR count). The van der Waals surface area contributed by atoms with Crippen LogP contribution in [-0.4, -0.2) is 28.1 Å². The standard InChI is InChI=1S/C20H16N4O2S2/c1-26-18-7-6-14(10-17(18)25)11-22-24-16(19-5-3-9-27-19)13-28-20(24)23-15-4-2-8-21-12-15/h2-13,25H,1H3. The number of thiophene rings is 1. The molecule has 0 fully saturated rings. The van der Waals surface area contributed by atoms with Crippen LogP contribution in [0.25, 0.3) is 10.6 Å². The number of phenolic OH excluding ortho intramolecular Hbond substituents is 1. The van der Waals surface area contributed by atoms with Gasteiger partial charge in [0.2, 0.25) is 4.80 Å². The highest BCUT2D eigenvalue weighted by Gasteiger charge is 2.09. The molecule has 0 aliphatic heterocycles. The van der Waals surface area contributed by atoms with E-state index >= 15 is 0 Å². The van der Waals surface area contributed by atoms with Crippen LogP contribution in [0.1, 0.15) is 5.56 Å². The number of hydrogen-bond acceptors (Lipinski definition) is 7. The molecule has 0 aliphatic rings. The minimum absolute atomic E-state index is 0.0699. The molecule has 8 heteroatoms. The lowest BCUT2D eigenvalue weighted by Crippen LogP contribution is -2.11. The first kappa shape index (κ1) is 18.1. The molecular formula is C20H16N4O2S2. The minimum atomic E-state index is 0.0699. The molecule has 0 saturated carbocycles. The predicted octanol–water partition coefficient (Wildman–Crippen LogP) is 4.50. The van der Waals surface area contributed by atoms with E-state index in [1.54, 1.807) is 46.8 Å². The Hall–Kier alpha value is -3.23. The maximum atomic E-state index is 9.99. The maximum Gasteiger partial charge on any atom is 0.211 e. The molecule has 0 aliphatic carbocycles. The van der Waals surface area contributed by atoms with E-state index < -0.39 is 0 Å². The Labute approximate surface area is 169 Å². The summed E-state index contributed by atoms with van der Waals surface area (Å²) in [5.74, 6) is 0.493. The second kappa shape index (κ2) is 8.20. The molecule has 140 valence electrons. The van der Waals surface area contributed by atoms with Crippen LogP contribution in [-0.2, 0) is 0 Å². The number of phenols is 1. The molecule has 28 heavy (non-hydrogen) atoms. The van der Waals surface area contributed by atoms with Gasteiger partial charge in [-0.2, -0.15) is 5.10 Å². The van der Waals surface area contributed by atoms with Gasteiger partial charge in [0.25, 0.3) is 0 Å². The first-order valence-electron chi connectivity index (χ1n) is 8.35. The fourth-order valence-electron chi connectivity index (χ4n) is 2.53. The highest BCUT2D eigenvalue weighted by atomic mass is 32.1. The molecular weight excluding hydrogens is 392 g/mol. The van der Waals surface area contributed by atoms with Crippen LogP contribution in [0.2, 0.25) is 0 Å². The first-order valence-corrected chi connectivity index (χ1v) is 10.1. The van der Waals surface area contributed by atoms with Crippen LogP contribution in [0.15, 0.2) is 75.7 Å². The molecule has 0 saturated heterocycles. The summed E-state index contributed by atoms with van der Waals surface area (Å²) < 4.78 is 6.88. The van der Waals surface area contributed by atoms with E-state index in [1.165, 1.54) is 18.4 Å². The fraction of sp³-hybridized carbons (Fsp3) is 0.0500. The van der Waals surface area contributed by atoms with E-state index in [9.17, 15) is 5.11 Å². The summed E-state index contributed by atoms with van der Waals surface area (Å²) in [5, 5.41) is 18.7. The number of ether oxygens (including phenoxy) is 1. The van der Waals surface area contributed by atoms with Crippen LogP contribution in [0.4, 0.5) is 5.69 Å². The second-order valence-corrected chi connectivity index (χ2v) is 7.48. The van der Waals surface area contributed by atoms with Crippen LogP contribution >= 0.6 is 22.7 Å². The largest absolute Gasteiger partial charge is 0.504 e. The monoisotopic (exact) mass is 408 g/mol. The molecule has 4 aromatic rings. The van der Waals surface area contributed by atoms with Crippen molar-refractivity contribution in [1.29, 1.82) is 0 Å². The van der Waals surface area contributed by atoms with Gasteiger partial charge in [-0.1, -0.05) is 6.07 Å². The average molecular weight is 409 g/mol. The Morgan fingerprint density at radius 2 is 2.11 bits per heavy atom. The summed E-state index contributed by atoms with van der Waals surface area (Å²) >= 11 is 3.15. The third-order valence-corrected chi connectivity index (χ3v) is 5.56. The van der Waals surface area contributed by atoms with E-state index in [0.717, 1.165) is 26.6 Å². The fourth-order valence-corrected chi connectivity index (χ4v) is 4.17. The Bertz CT molecular complexity index is 1160. The highest BCUT2D eigenvalue weighted by Crippen LogP contribution is 2.27. The van der Waals surface area contributed by atoms with Crippen molar-refractivity contribution in [3.63, 3.8) is 0 Å². The second-order valence-electron chi connectivity index (χ2n) is 5.69.